The topological polar surface area (TPSA) is 29.1 Å². The second kappa shape index (κ2) is 11.1. The lowest BCUT2D eigenvalue weighted by molar-refractivity contribution is -0.116. The third-order valence-corrected chi connectivity index (χ3v) is 0.669. The Bertz CT molecular complexity index is 97.4. The molecule has 0 atom stereocenters. The van der Waals surface area contributed by atoms with Gasteiger partial charge in [-0.1, -0.05) is 19.9 Å². The largest absolute Gasteiger partial charge is 0.353 e. The molecule has 0 aromatic rings. The standard InChI is InChI=1S/C6H11NO.C2H6/c1-3-5-6(8)7-4-2;1-2/h3,5H,4H2,1-2H3,(H,7,8);1-2H3/b5-3+;. The van der Waals surface area contributed by atoms with E-state index in [9.17, 15) is 4.79 Å². The zero-order chi connectivity index (χ0) is 8.41. The van der Waals surface area contributed by atoms with Crippen LogP contribution < -0.4 is 5.32 Å². The van der Waals surface area contributed by atoms with Gasteiger partial charge in [-0.15, -0.1) is 0 Å². The summed E-state index contributed by atoms with van der Waals surface area (Å²) in [7, 11) is 0. The van der Waals surface area contributed by atoms with Crippen molar-refractivity contribution in [3.63, 3.8) is 0 Å². The van der Waals surface area contributed by atoms with E-state index < -0.39 is 0 Å². The van der Waals surface area contributed by atoms with Crippen molar-refractivity contribution >= 4 is 5.91 Å². The summed E-state index contributed by atoms with van der Waals surface area (Å²) in [5, 5.41) is 2.62. The van der Waals surface area contributed by atoms with E-state index in [0.717, 1.165) is 0 Å². The van der Waals surface area contributed by atoms with E-state index in [0.29, 0.717) is 6.54 Å². The lowest BCUT2D eigenvalue weighted by atomic mass is 10.5. The van der Waals surface area contributed by atoms with Crippen molar-refractivity contribution in [1.82, 2.24) is 5.32 Å². The van der Waals surface area contributed by atoms with Gasteiger partial charge in [0.2, 0.25) is 5.91 Å². The van der Waals surface area contributed by atoms with E-state index in [2.05, 4.69) is 5.32 Å². The Kier molecular flexibility index (Phi) is 13.2. The summed E-state index contributed by atoms with van der Waals surface area (Å²) < 4.78 is 0. The molecule has 0 aromatic carbocycles. The van der Waals surface area contributed by atoms with Crippen LogP contribution in [0.5, 0.6) is 0 Å². The van der Waals surface area contributed by atoms with Gasteiger partial charge in [-0.3, -0.25) is 4.79 Å². The highest BCUT2D eigenvalue weighted by atomic mass is 16.1. The van der Waals surface area contributed by atoms with Crippen LogP contribution >= 0.6 is 0 Å². The van der Waals surface area contributed by atoms with Gasteiger partial charge in [-0.05, 0) is 19.9 Å². The summed E-state index contributed by atoms with van der Waals surface area (Å²) in [4.78, 5) is 10.4. The molecule has 0 saturated carbocycles. The van der Waals surface area contributed by atoms with Gasteiger partial charge >= 0.3 is 0 Å². The highest BCUT2D eigenvalue weighted by Gasteiger charge is 1.85. The van der Waals surface area contributed by atoms with Crippen molar-refractivity contribution < 1.29 is 4.79 Å². The molecule has 0 unspecified atom stereocenters. The number of allylic oxidation sites excluding steroid dienone is 1. The zero-order valence-corrected chi connectivity index (χ0v) is 7.27. The van der Waals surface area contributed by atoms with Gasteiger partial charge in [0.1, 0.15) is 0 Å². The number of amides is 1. The number of carbonyl (C=O) groups excluding carboxylic acids is 1. The summed E-state index contributed by atoms with van der Waals surface area (Å²) in [5.41, 5.74) is 0. The number of rotatable bonds is 2. The van der Waals surface area contributed by atoms with Crippen LogP contribution in [0.15, 0.2) is 12.2 Å². The minimum atomic E-state index is -0.0185. The Hall–Kier alpha value is -0.790. The molecule has 0 aliphatic heterocycles. The normalized spacial score (nSPS) is 8.40. The monoisotopic (exact) mass is 143 g/mol. The van der Waals surface area contributed by atoms with Crippen LogP contribution in [0.3, 0.4) is 0 Å². The summed E-state index contributed by atoms with van der Waals surface area (Å²) in [6, 6.07) is 0. The Morgan fingerprint density at radius 2 is 2.00 bits per heavy atom. The van der Waals surface area contributed by atoms with Crippen LogP contribution in [-0.4, -0.2) is 12.5 Å². The Balaban J connectivity index is 0. The molecule has 2 nitrogen and oxygen atoms in total. The van der Waals surface area contributed by atoms with Gasteiger partial charge in [0.05, 0.1) is 0 Å². The second-order valence-electron chi connectivity index (χ2n) is 1.39. The lowest BCUT2D eigenvalue weighted by Crippen LogP contribution is -2.19. The zero-order valence-electron chi connectivity index (χ0n) is 7.27. The van der Waals surface area contributed by atoms with E-state index >= 15 is 0 Å². The van der Waals surface area contributed by atoms with Crippen LogP contribution in [0.4, 0.5) is 0 Å². The number of carbonyl (C=O) groups is 1. The maximum absolute atomic E-state index is 10.4. The molecular weight excluding hydrogens is 126 g/mol. The predicted molar refractivity (Wildman–Crippen MR) is 44.8 cm³/mol. The van der Waals surface area contributed by atoms with Crippen molar-refractivity contribution in [2.75, 3.05) is 6.54 Å². The lowest BCUT2D eigenvalue weighted by Gasteiger charge is -1.91. The molecule has 0 fully saturated rings. The number of hydrogen-bond acceptors (Lipinski definition) is 1. The molecule has 0 aromatic heterocycles. The SMILES string of the molecule is C/C=C/C(=O)NCC.CC. The molecule has 0 radical (unpaired) electrons. The van der Waals surface area contributed by atoms with Crippen LogP contribution in [0.25, 0.3) is 0 Å². The fourth-order valence-corrected chi connectivity index (χ4v) is 0.385. The van der Waals surface area contributed by atoms with Gasteiger partial charge in [0.25, 0.3) is 0 Å². The highest BCUT2D eigenvalue weighted by molar-refractivity contribution is 5.87. The molecule has 0 heterocycles. The first kappa shape index (κ1) is 11.9. The maximum atomic E-state index is 10.4. The van der Waals surface area contributed by atoms with Crippen LogP contribution in [0.2, 0.25) is 0 Å². The fourth-order valence-electron chi connectivity index (χ4n) is 0.385. The van der Waals surface area contributed by atoms with Crippen molar-refractivity contribution in [3.05, 3.63) is 12.2 Å². The predicted octanol–water partition coefficient (Wildman–Crippen LogP) is 1.72. The molecule has 0 saturated heterocycles. The average molecular weight is 143 g/mol. The van der Waals surface area contributed by atoms with Gasteiger partial charge in [-0.25, -0.2) is 0 Å². The van der Waals surface area contributed by atoms with Gasteiger partial charge in [0.15, 0.2) is 0 Å². The third kappa shape index (κ3) is 10.2. The molecule has 2 heteroatoms. The van der Waals surface area contributed by atoms with Crippen molar-refractivity contribution in [2.24, 2.45) is 0 Å². The highest BCUT2D eigenvalue weighted by Crippen LogP contribution is 1.68. The van der Waals surface area contributed by atoms with E-state index in [1.807, 2.05) is 27.7 Å². The van der Waals surface area contributed by atoms with E-state index in [1.165, 1.54) is 6.08 Å². The van der Waals surface area contributed by atoms with Crippen molar-refractivity contribution in [2.45, 2.75) is 27.7 Å². The molecule has 1 amide bonds. The van der Waals surface area contributed by atoms with E-state index in [1.54, 1.807) is 6.08 Å². The number of nitrogens with one attached hydrogen (secondary N) is 1. The van der Waals surface area contributed by atoms with E-state index in [4.69, 9.17) is 0 Å². The smallest absolute Gasteiger partial charge is 0.243 e. The quantitative estimate of drug-likeness (QED) is 0.586. The Morgan fingerprint density at radius 3 is 2.30 bits per heavy atom. The first-order chi connectivity index (χ1) is 4.81. The molecule has 1 N–H and O–H groups in total. The minimum Gasteiger partial charge on any atom is -0.353 e. The second-order valence-corrected chi connectivity index (χ2v) is 1.39. The van der Waals surface area contributed by atoms with Crippen LogP contribution in [0, 0.1) is 0 Å². The van der Waals surface area contributed by atoms with Gasteiger partial charge in [-0.2, -0.15) is 0 Å². The summed E-state index contributed by atoms with van der Waals surface area (Å²) in [5.74, 6) is -0.0185. The molecule has 0 bridgehead atoms. The molecule has 0 aliphatic carbocycles. The number of hydrogen-bond donors (Lipinski definition) is 1. The molecule has 60 valence electrons. The van der Waals surface area contributed by atoms with E-state index in [-0.39, 0.29) is 5.91 Å². The van der Waals surface area contributed by atoms with Gasteiger partial charge in [0, 0.05) is 6.54 Å². The first-order valence-electron chi connectivity index (χ1n) is 3.71. The van der Waals surface area contributed by atoms with Crippen molar-refractivity contribution in [1.29, 1.82) is 0 Å². The Morgan fingerprint density at radius 1 is 1.50 bits per heavy atom. The third-order valence-electron chi connectivity index (χ3n) is 0.669. The molecule has 0 rings (SSSR count). The molecule has 0 spiro atoms. The number of likely N-dealkylation sites (N-methyl/N-ethyl adjacent to an activating group) is 1. The first-order valence-corrected chi connectivity index (χ1v) is 3.71. The van der Waals surface area contributed by atoms with Gasteiger partial charge < -0.3 is 5.32 Å². The van der Waals surface area contributed by atoms with Crippen LogP contribution in [0.1, 0.15) is 27.7 Å². The molecule has 0 aliphatic rings. The summed E-state index contributed by atoms with van der Waals surface area (Å²) >= 11 is 0. The fraction of sp³-hybridized carbons (Fsp3) is 0.625. The summed E-state index contributed by atoms with van der Waals surface area (Å²) in [6.45, 7) is 8.40. The molecule has 10 heavy (non-hydrogen) atoms. The average Bonchev–Trinajstić information content (AvgIpc) is 1.93. The maximum Gasteiger partial charge on any atom is 0.243 e. The summed E-state index contributed by atoms with van der Waals surface area (Å²) in [6.07, 6.45) is 3.22. The van der Waals surface area contributed by atoms with Crippen molar-refractivity contribution in [3.8, 4) is 0 Å². The van der Waals surface area contributed by atoms with Crippen LogP contribution in [-0.2, 0) is 4.79 Å². The Labute approximate surface area is 63.3 Å². The minimum absolute atomic E-state index is 0.0185. The molecular formula is C8H17NO.